The lowest BCUT2D eigenvalue weighted by atomic mass is 9.93. The van der Waals surface area contributed by atoms with Crippen LogP contribution in [-0.4, -0.2) is 42.8 Å². The van der Waals surface area contributed by atoms with Crippen LogP contribution in [0.15, 0.2) is 0 Å². The molecule has 0 aromatic carbocycles. The van der Waals surface area contributed by atoms with Crippen LogP contribution in [0.25, 0.3) is 0 Å². The summed E-state index contributed by atoms with van der Waals surface area (Å²) >= 11 is 0. The standard InChI is InChI=1S/C14H27N3O/c1-3-14(16,12-15)8-6-10-17-9-5-7-13(11-17)18-4-2/h13H,3-11,16H2,1-2H3. The van der Waals surface area contributed by atoms with Crippen LogP contribution in [0.1, 0.15) is 46.0 Å². The first-order valence-electron chi connectivity index (χ1n) is 7.17. The molecule has 18 heavy (non-hydrogen) atoms. The Morgan fingerprint density at radius 2 is 2.28 bits per heavy atom. The van der Waals surface area contributed by atoms with Gasteiger partial charge in [0.2, 0.25) is 0 Å². The molecule has 1 aliphatic heterocycles. The third kappa shape index (κ3) is 4.93. The summed E-state index contributed by atoms with van der Waals surface area (Å²) < 4.78 is 5.68. The van der Waals surface area contributed by atoms with Crippen LogP contribution >= 0.6 is 0 Å². The predicted molar refractivity (Wildman–Crippen MR) is 73.1 cm³/mol. The lowest BCUT2D eigenvalue weighted by Crippen LogP contribution is -2.42. The van der Waals surface area contributed by atoms with Crippen LogP contribution in [0, 0.1) is 11.3 Å². The van der Waals surface area contributed by atoms with E-state index in [1.807, 2.05) is 6.92 Å². The zero-order valence-corrected chi connectivity index (χ0v) is 11.8. The third-order valence-corrected chi connectivity index (χ3v) is 3.82. The summed E-state index contributed by atoms with van der Waals surface area (Å²) in [5.41, 5.74) is 5.35. The second-order valence-electron chi connectivity index (χ2n) is 5.25. The summed E-state index contributed by atoms with van der Waals surface area (Å²) in [4.78, 5) is 2.44. The van der Waals surface area contributed by atoms with Gasteiger partial charge in [-0.25, -0.2) is 0 Å². The van der Waals surface area contributed by atoms with Gasteiger partial charge in [0, 0.05) is 13.2 Å². The fourth-order valence-electron chi connectivity index (χ4n) is 2.52. The molecule has 0 saturated carbocycles. The Hall–Kier alpha value is -0.630. The van der Waals surface area contributed by atoms with Crippen LogP contribution in [0.4, 0.5) is 0 Å². The Morgan fingerprint density at radius 3 is 2.89 bits per heavy atom. The van der Waals surface area contributed by atoms with Gasteiger partial charge in [0.25, 0.3) is 0 Å². The van der Waals surface area contributed by atoms with E-state index < -0.39 is 5.54 Å². The van der Waals surface area contributed by atoms with Crippen molar-refractivity contribution in [2.75, 3.05) is 26.2 Å². The Bertz CT molecular complexity index is 275. The maximum atomic E-state index is 9.03. The van der Waals surface area contributed by atoms with Crippen molar-refractivity contribution in [1.29, 1.82) is 5.26 Å². The van der Waals surface area contributed by atoms with Crippen molar-refractivity contribution >= 4 is 0 Å². The number of nitriles is 1. The summed E-state index contributed by atoms with van der Waals surface area (Å²) in [6.45, 7) is 8.05. The van der Waals surface area contributed by atoms with Crippen LogP contribution in [0.3, 0.4) is 0 Å². The molecule has 0 bridgehead atoms. The number of nitrogens with zero attached hydrogens (tertiary/aromatic N) is 2. The molecule has 0 radical (unpaired) electrons. The van der Waals surface area contributed by atoms with Crippen molar-refractivity contribution in [2.24, 2.45) is 5.73 Å². The summed E-state index contributed by atoms with van der Waals surface area (Å²) in [7, 11) is 0. The van der Waals surface area contributed by atoms with Crippen molar-refractivity contribution in [3.05, 3.63) is 0 Å². The van der Waals surface area contributed by atoms with E-state index in [0.29, 0.717) is 6.10 Å². The molecule has 0 aromatic rings. The van der Waals surface area contributed by atoms with E-state index in [-0.39, 0.29) is 0 Å². The number of likely N-dealkylation sites (tertiary alicyclic amines) is 1. The van der Waals surface area contributed by atoms with Crippen molar-refractivity contribution < 1.29 is 4.74 Å². The molecule has 0 aromatic heterocycles. The fourth-order valence-corrected chi connectivity index (χ4v) is 2.52. The van der Waals surface area contributed by atoms with Crippen LogP contribution in [-0.2, 0) is 4.74 Å². The van der Waals surface area contributed by atoms with Crippen molar-refractivity contribution in [3.8, 4) is 6.07 Å². The summed E-state index contributed by atoms with van der Waals surface area (Å²) in [5.74, 6) is 0. The number of hydrogen-bond acceptors (Lipinski definition) is 4. The SMILES string of the molecule is CCOC1CCCN(CCCC(N)(C#N)CC)C1. The van der Waals surface area contributed by atoms with Gasteiger partial charge < -0.3 is 15.4 Å². The largest absolute Gasteiger partial charge is 0.377 e. The van der Waals surface area contributed by atoms with Gasteiger partial charge in [-0.2, -0.15) is 5.26 Å². The molecule has 2 N–H and O–H groups in total. The summed E-state index contributed by atoms with van der Waals surface area (Å²) in [6.07, 6.45) is 5.30. The smallest absolute Gasteiger partial charge is 0.104 e. The van der Waals surface area contributed by atoms with Gasteiger partial charge in [0.1, 0.15) is 5.54 Å². The Balaban J connectivity index is 2.25. The highest BCUT2D eigenvalue weighted by atomic mass is 16.5. The minimum absolute atomic E-state index is 0.397. The maximum Gasteiger partial charge on any atom is 0.104 e. The number of ether oxygens (including phenoxy) is 1. The quantitative estimate of drug-likeness (QED) is 0.752. The molecule has 1 fully saturated rings. The van der Waals surface area contributed by atoms with Gasteiger partial charge in [-0.3, -0.25) is 0 Å². The Labute approximate surface area is 111 Å². The lowest BCUT2D eigenvalue weighted by Gasteiger charge is -2.33. The predicted octanol–water partition coefficient (Wildman–Crippen LogP) is 1.90. The van der Waals surface area contributed by atoms with Gasteiger partial charge in [-0.15, -0.1) is 0 Å². The third-order valence-electron chi connectivity index (χ3n) is 3.82. The number of hydrogen-bond donors (Lipinski definition) is 1. The van der Waals surface area contributed by atoms with E-state index in [9.17, 15) is 0 Å². The van der Waals surface area contributed by atoms with E-state index in [2.05, 4.69) is 17.9 Å². The van der Waals surface area contributed by atoms with E-state index in [1.54, 1.807) is 0 Å². The number of nitrogens with two attached hydrogens (primary N) is 1. The molecule has 2 unspecified atom stereocenters. The summed E-state index contributed by atoms with van der Waals surface area (Å²) in [5, 5.41) is 9.03. The Morgan fingerprint density at radius 1 is 1.50 bits per heavy atom. The average molecular weight is 253 g/mol. The first kappa shape index (κ1) is 15.4. The zero-order valence-electron chi connectivity index (χ0n) is 11.8. The van der Waals surface area contributed by atoms with Gasteiger partial charge in [-0.1, -0.05) is 6.92 Å². The molecular weight excluding hydrogens is 226 g/mol. The maximum absolute atomic E-state index is 9.03. The van der Waals surface area contributed by atoms with Gasteiger partial charge in [0.15, 0.2) is 0 Å². The van der Waals surface area contributed by atoms with Gasteiger partial charge >= 0.3 is 0 Å². The first-order chi connectivity index (χ1) is 8.63. The second kappa shape index (κ2) is 7.73. The van der Waals surface area contributed by atoms with Crippen LogP contribution in [0.2, 0.25) is 0 Å². The fraction of sp³-hybridized carbons (Fsp3) is 0.929. The van der Waals surface area contributed by atoms with E-state index in [4.69, 9.17) is 15.7 Å². The minimum Gasteiger partial charge on any atom is -0.377 e. The molecule has 2 atom stereocenters. The average Bonchev–Trinajstić information content (AvgIpc) is 2.39. The molecule has 1 heterocycles. The van der Waals surface area contributed by atoms with Crippen molar-refractivity contribution in [1.82, 2.24) is 4.90 Å². The molecule has 1 aliphatic rings. The topological polar surface area (TPSA) is 62.3 Å². The molecule has 0 amide bonds. The van der Waals surface area contributed by atoms with E-state index in [1.165, 1.54) is 12.8 Å². The molecule has 104 valence electrons. The van der Waals surface area contributed by atoms with Crippen LogP contribution < -0.4 is 5.73 Å². The molecule has 0 spiro atoms. The first-order valence-corrected chi connectivity index (χ1v) is 7.17. The normalized spacial score (nSPS) is 24.4. The minimum atomic E-state index is -0.630. The van der Waals surface area contributed by atoms with Gasteiger partial charge in [0.05, 0.1) is 12.2 Å². The lowest BCUT2D eigenvalue weighted by molar-refractivity contribution is 0.00537. The van der Waals surface area contributed by atoms with E-state index in [0.717, 1.165) is 45.5 Å². The highest BCUT2D eigenvalue weighted by Gasteiger charge is 2.23. The number of piperidine rings is 1. The zero-order chi connectivity index (χ0) is 13.4. The van der Waals surface area contributed by atoms with Crippen molar-refractivity contribution in [3.63, 3.8) is 0 Å². The molecule has 4 nitrogen and oxygen atoms in total. The Kier molecular flexibility index (Phi) is 6.62. The van der Waals surface area contributed by atoms with Gasteiger partial charge in [-0.05, 0) is 52.1 Å². The monoisotopic (exact) mass is 253 g/mol. The molecule has 1 rings (SSSR count). The second-order valence-corrected chi connectivity index (χ2v) is 5.25. The number of rotatable bonds is 7. The highest BCUT2D eigenvalue weighted by molar-refractivity contribution is 5.03. The van der Waals surface area contributed by atoms with Crippen LogP contribution in [0.5, 0.6) is 0 Å². The molecule has 0 aliphatic carbocycles. The molecule has 4 heteroatoms. The highest BCUT2D eigenvalue weighted by Crippen LogP contribution is 2.17. The molecular formula is C14H27N3O. The molecule has 1 saturated heterocycles. The van der Waals surface area contributed by atoms with Crippen molar-refractivity contribution in [2.45, 2.75) is 57.6 Å². The van der Waals surface area contributed by atoms with E-state index >= 15 is 0 Å². The summed E-state index contributed by atoms with van der Waals surface area (Å²) in [6, 6.07) is 2.23.